The maximum atomic E-state index is 11.9. The first kappa shape index (κ1) is 17.7. The van der Waals surface area contributed by atoms with Gasteiger partial charge < -0.3 is 25.3 Å². The number of urea groups is 1. The molecule has 3 N–H and O–H groups in total. The van der Waals surface area contributed by atoms with Crippen molar-refractivity contribution in [2.75, 3.05) is 26.7 Å². The largest absolute Gasteiger partial charge is 0.480 e. The van der Waals surface area contributed by atoms with Gasteiger partial charge in [0, 0.05) is 25.6 Å². The smallest absolute Gasteiger partial charge is 0.326 e. The van der Waals surface area contributed by atoms with Crippen molar-refractivity contribution < 1.29 is 19.8 Å². The van der Waals surface area contributed by atoms with Crippen molar-refractivity contribution in [1.82, 2.24) is 15.1 Å². The number of hydrogen-bond donors (Lipinski definition) is 3. The van der Waals surface area contributed by atoms with Crippen LogP contribution in [0.3, 0.4) is 0 Å². The van der Waals surface area contributed by atoms with Crippen molar-refractivity contribution in [2.24, 2.45) is 0 Å². The molecule has 21 heavy (non-hydrogen) atoms. The fourth-order valence-electron chi connectivity index (χ4n) is 2.31. The van der Waals surface area contributed by atoms with Crippen LogP contribution in [0.2, 0.25) is 0 Å². The lowest BCUT2D eigenvalue weighted by molar-refractivity contribution is -0.141. The highest BCUT2D eigenvalue weighted by Gasteiger charge is 2.38. The summed E-state index contributed by atoms with van der Waals surface area (Å²) in [5, 5.41) is 21.3. The molecule has 2 amide bonds. The van der Waals surface area contributed by atoms with Gasteiger partial charge in [-0.2, -0.15) is 0 Å². The molecule has 1 saturated heterocycles. The molecule has 0 spiro atoms. The molecule has 0 aromatic heterocycles. The molecule has 0 aromatic carbocycles. The lowest BCUT2D eigenvalue weighted by Crippen LogP contribution is -2.46. The van der Waals surface area contributed by atoms with E-state index in [1.54, 1.807) is 0 Å². The lowest BCUT2D eigenvalue weighted by atomic mass is 10.2. The van der Waals surface area contributed by atoms with Crippen molar-refractivity contribution in [2.45, 2.75) is 51.3 Å². The molecule has 0 bridgehead atoms. The van der Waals surface area contributed by atoms with E-state index in [1.165, 1.54) is 4.90 Å². The summed E-state index contributed by atoms with van der Waals surface area (Å²) in [5.74, 6) is -1.07. The second-order valence-electron chi connectivity index (χ2n) is 5.91. The molecule has 7 nitrogen and oxygen atoms in total. The molecule has 1 fully saturated rings. The van der Waals surface area contributed by atoms with Gasteiger partial charge in [0.25, 0.3) is 0 Å². The van der Waals surface area contributed by atoms with Crippen LogP contribution in [0.15, 0.2) is 0 Å². The van der Waals surface area contributed by atoms with Gasteiger partial charge in [0.1, 0.15) is 6.04 Å². The van der Waals surface area contributed by atoms with Gasteiger partial charge in [0.15, 0.2) is 0 Å². The monoisotopic (exact) mass is 301 g/mol. The standard InChI is InChI=1S/C14H27N3O4/c1-10(2)16(3)7-5-4-6-15-14(21)17-9-11(18)8-12(17)13(19)20/h10-12,18H,4-9H2,1-3H3,(H,15,21)(H,19,20)/t11-,12-/m0/s1. The molecule has 7 heteroatoms. The highest BCUT2D eigenvalue weighted by molar-refractivity contribution is 5.83. The maximum absolute atomic E-state index is 11.9. The Morgan fingerprint density at radius 1 is 1.38 bits per heavy atom. The Balaban J connectivity index is 2.26. The number of carbonyl (C=O) groups excluding carboxylic acids is 1. The fourth-order valence-corrected chi connectivity index (χ4v) is 2.31. The molecule has 0 saturated carbocycles. The van der Waals surface area contributed by atoms with Crippen molar-refractivity contribution >= 4 is 12.0 Å². The molecule has 122 valence electrons. The van der Waals surface area contributed by atoms with E-state index in [0.717, 1.165) is 19.4 Å². The summed E-state index contributed by atoms with van der Waals surface area (Å²) < 4.78 is 0. The van der Waals surface area contributed by atoms with Crippen molar-refractivity contribution in [3.63, 3.8) is 0 Å². The molecule has 2 atom stereocenters. The van der Waals surface area contributed by atoms with Gasteiger partial charge >= 0.3 is 12.0 Å². The highest BCUT2D eigenvalue weighted by atomic mass is 16.4. The number of amides is 2. The van der Waals surface area contributed by atoms with Crippen molar-refractivity contribution in [3.05, 3.63) is 0 Å². The number of hydrogen-bond acceptors (Lipinski definition) is 4. The van der Waals surface area contributed by atoms with Gasteiger partial charge in [-0.3, -0.25) is 0 Å². The zero-order chi connectivity index (χ0) is 16.0. The summed E-state index contributed by atoms with van der Waals surface area (Å²) in [6, 6.07) is -0.828. The number of rotatable bonds is 7. The minimum Gasteiger partial charge on any atom is -0.480 e. The average Bonchev–Trinajstić information content (AvgIpc) is 2.80. The Morgan fingerprint density at radius 3 is 2.62 bits per heavy atom. The molecule has 1 aliphatic heterocycles. The van der Waals surface area contributed by atoms with Crippen LogP contribution >= 0.6 is 0 Å². The molecule has 0 unspecified atom stereocenters. The number of aliphatic hydroxyl groups is 1. The number of β-amino-alcohol motifs (C(OH)–C–C–N with tert-alkyl or cyclic N) is 1. The van der Waals surface area contributed by atoms with E-state index >= 15 is 0 Å². The summed E-state index contributed by atoms with van der Waals surface area (Å²) in [4.78, 5) is 26.4. The maximum Gasteiger partial charge on any atom is 0.326 e. The number of carboxylic acid groups (broad SMARTS) is 1. The summed E-state index contributed by atoms with van der Waals surface area (Å²) in [6.07, 6.45) is 1.16. The summed E-state index contributed by atoms with van der Waals surface area (Å²) in [6.45, 7) is 5.83. The molecular formula is C14H27N3O4. The number of aliphatic hydroxyl groups excluding tert-OH is 1. The predicted molar refractivity (Wildman–Crippen MR) is 79.2 cm³/mol. The molecule has 0 aromatic rings. The molecule has 1 rings (SSSR count). The number of likely N-dealkylation sites (tertiary alicyclic amines) is 1. The Morgan fingerprint density at radius 2 is 2.05 bits per heavy atom. The van der Waals surface area contributed by atoms with Crippen molar-refractivity contribution in [3.8, 4) is 0 Å². The third kappa shape index (κ3) is 5.51. The van der Waals surface area contributed by atoms with E-state index in [-0.39, 0.29) is 13.0 Å². The van der Waals surface area contributed by atoms with E-state index in [9.17, 15) is 14.7 Å². The van der Waals surface area contributed by atoms with Crippen LogP contribution < -0.4 is 5.32 Å². The van der Waals surface area contributed by atoms with Gasteiger partial charge in [-0.1, -0.05) is 0 Å². The predicted octanol–water partition coefficient (Wildman–Crippen LogP) is 0.336. The van der Waals surface area contributed by atoms with E-state index in [1.807, 2.05) is 0 Å². The number of carbonyl (C=O) groups is 2. The van der Waals surface area contributed by atoms with Gasteiger partial charge in [-0.05, 0) is 40.3 Å². The van der Waals surface area contributed by atoms with Crippen LogP contribution in [0.25, 0.3) is 0 Å². The SMILES string of the molecule is CC(C)N(C)CCCCNC(=O)N1C[C@@H](O)C[C@H]1C(=O)O. The van der Waals surface area contributed by atoms with Crippen LogP contribution in [0.1, 0.15) is 33.1 Å². The molecular weight excluding hydrogens is 274 g/mol. The topological polar surface area (TPSA) is 93.1 Å². The Bertz CT molecular complexity index is 362. The minimum absolute atomic E-state index is 0.0822. The zero-order valence-corrected chi connectivity index (χ0v) is 13.1. The highest BCUT2D eigenvalue weighted by Crippen LogP contribution is 2.18. The second kappa shape index (κ2) is 8.19. The van der Waals surface area contributed by atoms with Gasteiger partial charge in [-0.25, -0.2) is 9.59 Å². The molecule has 1 heterocycles. The van der Waals surface area contributed by atoms with Crippen LogP contribution in [0.5, 0.6) is 0 Å². The van der Waals surface area contributed by atoms with Crippen LogP contribution in [0, 0.1) is 0 Å². The fraction of sp³-hybridized carbons (Fsp3) is 0.857. The Labute approximate surface area is 125 Å². The summed E-state index contributed by atoms with van der Waals surface area (Å²) >= 11 is 0. The van der Waals surface area contributed by atoms with E-state index in [2.05, 4.69) is 31.1 Å². The first-order valence-electron chi connectivity index (χ1n) is 7.48. The average molecular weight is 301 g/mol. The quantitative estimate of drug-likeness (QED) is 0.590. The molecule has 0 aliphatic carbocycles. The third-order valence-corrected chi connectivity index (χ3v) is 3.92. The van der Waals surface area contributed by atoms with Crippen LogP contribution in [0.4, 0.5) is 4.79 Å². The summed E-state index contributed by atoms with van der Waals surface area (Å²) in [5.41, 5.74) is 0. The summed E-state index contributed by atoms with van der Waals surface area (Å²) in [7, 11) is 2.06. The van der Waals surface area contributed by atoms with E-state index < -0.39 is 24.1 Å². The van der Waals surface area contributed by atoms with Crippen molar-refractivity contribution in [1.29, 1.82) is 0 Å². The number of aliphatic carboxylic acids is 1. The molecule has 0 radical (unpaired) electrons. The van der Waals surface area contributed by atoms with Crippen LogP contribution in [-0.4, -0.2) is 76.9 Å². The van der Waals surface area contributed by atoms with E-state index in [0.29, 0.717) is 12.6 Å². The number of unbranched alkanes of at least 4 members (excludes halogenated alkanes) is 1. The number of nitrogens with zero attached hydrogens (tertiary/aromatic N) is 2. The van der Waals surface area contributed by atoms with Crippen LogP contribution in [-0.2, 0) is 4.79 Å². The second-order valence-corrected chi connectivity index (χ2v) is 5.91. The minimum atomic E-state index is -1.07. The first-order chi connectivity index (χ1) is 9.82. The third-order valence-electron chi connectivity index (χ3n) is 3.92. The Hall–Kier alpha value is -1.34. The van der Waals surface area contributed by atoms with Gasteiger partial charge in [-0.15, -0.1) is 0 Å². The Kier molecular flexibility index (Phi) is 6.91. The first-order valence-corrected chi connectivity index (χ1v) is 7.48. The normalized spacial score (nSPS) is 22.1. The van der Waals surface area contributed by atoms with E-state index in [4.69, 9.17) is 5.11 Å². The molecule has 1 aliphatic rings. The van der Waals surface area contributed by atoms with Gasteiger partial charge in [0.2, 0.25) is 0 Å². The lowest BCUT2D eigenvalue weighted by Gasteiger charge is -2.22. The number of carboxylic acids is 1. The zero-order valence-electron chi connectivity index (χ0n) is 13.1. The number of nitrogens with one attached hydrogen (secondary N) is 1. The van der Waals surface area contributed by atoms with Gasteiger partial charge in [0.05, 0.1) is 6.10 Å².